The third-order valence-electron chi connectivity index (χ3n) is 3.31. The lowest BCUT2D eigenvalue weighted by atomic mass is 10.1. The summed E-state index contributed by atoms with van der Waals surface area (Å²) < 4.78 is 0. The van der Waals surface area contributed by atoms with Gasteiger partial charge in [-0.3, -0.25) is 9.78 Å². The predicted molar refractivity (Wildman–Crippen MR) is 66.4 cm³/mol. The highest BCUT2D eigenvalue weighted by atomic mass is 16.1. The molecule has 0 radical (unpaired) electrons. The molecule has 4 heteroatoms. The number of pyridine rings is 1. The molecule has 0 saturated carbocycles. The van der Waals surface area contributed by atoms with E-state index >= 15 is 0 Å². The van der Waals surface area contributed by atoms with Crippen LogP contribution in [0.3, 0.4) is 0 Å². The second-order valence-corrected chi connectivity index (χ2v) is 4.62. The molecule has 2 rings (SSSR count). The zero-order chi connectivity index (χ0) is 12.1. The molecule has 4 nitrogen and oxygen atoms in total. The van der Waals surface area contributed by atoms with E-state index in [9.17, 15) is 4.79 Å². The molecule has 0 bridgehead atoms. The number of nitrogens with zero attached hydrogens (tertiary/aromatic N) is 2. The first-order valence-corrected chi connectivity index (χ1v) is 6.11. The number of carbonyl (C=O) groups excluding carboxylic acids is 1. The minimum atomic E-state index is 0.132. The van der Waals surface area contributed by atoms with E-state index in [2.05, 4.69) is 22.2 Å². The van der Waals surface area contributed by atoms with Gasteiger partial charge in [-0.2, -0.15) is 0 Å². The van der Waals surface area contributed by atoms with Crippen molar-refractivity contribution in [2.75, 3.05) is 13.6 Å². The summed E-state index contributed by atoms with van der Waals surface area (Å²) in [6.07, 6.45) is 6.46. The van der Waals surface area contributed by atoms with Gasteiger partial charge in [0.25, 0.3) is 0 Å². The van der Waals surface area contributed by atoms with Gasteiger partial charge in [-0.25, -0.2) is 0 Å². The maximum Gasteiger partial charge on any atom is 0.221 e. The molecule has 1 aromatic heterocycles. The van der Waals surface area contributed by atoms with Crippen molar-refractivity contribution in [1.82, 2.24) is 15.2 Å². The summed E-state index contributed by atoms with van der Waals surface area (Å²) in [6, 6.07) is 4.27. The molecule has 1 aliphatic heterocycles. The van der Waals surface area contributed by atoms with Gasteiger partial charge < -0.3 is 10.2 Å². The molecular weight excluding hydrogens is 214 g/mol. The van der Waals surface area contributed by atoms with Gasteiger partial charge in [0.15, 0.2) is 0 Å². The third kappa shape index (κ3) is 3.53. The van der Waals surface area contributed by atoms with Gasteiger partial charge in [0.2, 0.25) is 5.91 Å². The molecule has 17 heavy (non-hydrogen) atoms. The zero-order valence-electron chi connectivity index (χ0n) is 10.2. The molecule has 1 aliphatic rings. The van der Waals surface area contributed by atoms with Crippen LogP contribution in [-0.4, -0.2) is 35.4 Å². The van der Waals surface area contributed by atoms with E-state index in [4.69, 9.17) is 0 Å². The average Bonchev–Trinajstić information content (AvgIpc) is 2.74. The number of likely N-dealkylation sites (tertiary alicyclic amines) is 1. The Kier molecular flexibility index (Phi) is 4.09. The Balaban J connectivity index is 1.74. The van der Waals surface area contributed by atoms with Crippen molar-refractivity contribution in [3.05, 3.63) is 30.1 Å². The van der Waals surface area contributed by atoms with Crippen LogP contribution in [0, 0.1) is 0 Å². The molecule has 1 unspecified atom stereocenters. The Labute approximate surface area is 102 Å². The lowest BCUT2D eigenvalue weighted by Crippen LogP contribution is -2.32. The van der Waals surface area contributed by atoms with E-state index in [1.54, 1.807) is 12.4 Å². The number of hydrogen-bond acceptors (Lipinski definition) is 3. The Hall–Kier alpha value is -1.42. The highest BCUT2D eigenvalue weighted by Crippen LogP contribution is 2.17. The SMILES string of the molecule is CN1CCCC1CC(=O)NCc1cccnc1. The second kappa shape index (κ2) is 5.77. The molecule has 1 aromatic rings. The first kappa shape index (κ1) is 12.0. The molecule has 92 valence electrons. The molecule has 0 aromatic carbocycles. The minimum absolute atomic E-state index is 0.132. The van der Waals surface area contributed by atoms with Crippen molar-refractivity contribution in [3.8, 4) is 0 Å². The van der Waals surface area contributed by atoms with Crippen LogP contribution < -0.4 is 5.32 Å². The molecule has 2 heterocycles. The number of hydrogen-bond donors (Lipinski definition) is 1. The van der Waals surface area contributed by atoms with Gasteiger partial charge in [-0.15, -0.1) is 0 Å². The second-order valence-electron chi connectivity index (χ2n) is 4.62. The molecule has 1 saturated heterocycles. The summed E-state index contributed by atoms with van der Waals surface area (Å²) in [4.78, 5) is 18.0. The Morgan fingerprint density at radius 1 is 1.65 bits per heavy atom. The minimum Gasteiger partial charge on any atom is -0.352 e. The van der Waals surface area contributed by atoms with Crippen molar-refractivity contribution < 1.29 is 4.79 Å². The van der Waals surface area contributed by atoms with E-state index in [-0.39, 0.29) is 5.91 Å². The molecule has 1 fully saturated rings. The van der Waals surface area contributed by atoms with Crippen LogP contribution in [0.1, 0.15) is 24.8 Å². The Morgan fingerprint density at radius 2 is 2.53 bits per heavy atom. The van der Waals surface area contributed by atoms with Crippen molar-refractivity contribution in [3.63, 3.8) is 0 Å². The summed E-state index contributed by atoms with van der Waals surface area (Å²) in [5, 5.41) is 2.94. The van der Waals surface area contributed by atoms with Crippen LogP contribution in [0.15, 0.2) is 24.5 Å². The van der Waals surface area contributed by atoms with Crippen LogP contribution in [0.4, 0.5) is 0 Å². The standard InChI is InChI=1S/C13H19N3O/c1-16-7-3-5-12(16)8-13(17)15-10-11-4-2-6-14-9-11/h2,4,6,9,12H,3,5,7-8,10H2,1H3,(H,15,17). The largest absolute Gasteiger partial charge is 0.352 e. The molecule has 0 aliphatic carbocycles. The molecule has 1 atom stereocenters. The molecule has 0 spiro atoms. The summed E-state index contributed by atoms with van der Waals surface area (Å²) in [5.41, 5.74) is 1.04. The smallest absolute Gasteiger partial charge is 0.221 e. The zero-order valence-corrected chi connectivity index (χ0v) is 10.2. The third-order valence-corrected chi connectivity index (χ3v) is 3.31. The van der Waals surface area contributed by atoms with Gasteiger partial charge in [0.05, 0.1) is 0 Å². The van der Waals surface area contributed by atoms with Gasteiger partial charge >= 0.3 is 0 Å². The first-order valence-electron chi connectivity index (χ1n) is 6.11. The quantitative estimate of drug-likeness (QED) is 0.849. The average molecular weight is 233 g/mol. The number of amides is 1. The van der Waals surface area contributed by atoms with Crippen molar-refractivity contribution in [2.24, 2.45) is 0 Å². The Morgan fingerprint density at radius 3 is 3.18 bits per heavy atom. The lowest BCUT2D eigenvalue weighted by Gasteiger charge is -2.18. The number of nitrogens with one attached hydrogen (secondary N) is 1. The topological polar surface area (TPSA) is 45.2 Å². The fourth-order valence-electron chi connectivity index (χ4n) is 2.23. The van der Waals surface area contributed by atoms with E-state index in [0.29, 0.717) is 19.0 Å². The first-order chi connectivity index (χ1) is 8.25. The van der Waals surface area contributed by atoms with Gasteiger partial charge in [-0.1, -0.05) is 6.07 Å². The molecular formula is C13H19N3O. The van der Waals surface area contributed by atoms with Crippen LogP contribution in [0.25, 0.3) is 0 Å². The highest BCUT2D eigenvalue weighted by molar-refractivity contribution is 5.76. The maximum atomic E-state index is 11.8. The van der Waals surface area contributed by atoms with E-state index < -0.39 is 0 Å². The summed E-state index contributed by atoms with van der Waals surface area (Å²) in [5.74, 6) is 0.132. The van der Waals surface area contributed by atoms with E-state index in [1.807, 2.05) is 12.1 Å². The van der Waals surface area contributed by atoms with Crippen molar-refractivity contribution in [2.45, 2.75) is 31.8 Å². The van der Waals surface area contributed by atoms with Gasteiger partial charge in [0, 0.05) is 31.4 Å². The lowest BCUT2D eigenvalue weighted by molar-refractivity contribution is -0.122. The van der Waals surface area contributed by atoms with E-state index in [1.165, 1.54) is 6.42 Å². The van der Waals surface area contributed by atoms with Gasteiger partial charge in [-0.05, 0) is 38.1 Å². The summed E-state index contributed by atoms with van der Waals surface area (Å²) >= 11 is 0. The predicted octanol–water partition coefficient (Wildman–Crippen LogP) is 1.18. The normalized spacial score (nSPS) is 20.4. The fourth-order valence-corrected chi connectivity index (χ4v) is 2.23. The van der Waals surface area contributed by atoms with Gasteiger partial charge in [0.1, 0.15) is 0 Å². The van der Waals surface area contributed by atoms with Crippen molar-refractivity contribution >= 4 is 5.91 Å². The van der Waals surface area contributed by atoms with Crippen LogP contribution in [-0.2, 0) is 11.3 Å². The fraction of sp³-hybridized carbons (Fsp3) is 0.538. The van der Waals surface area contributed by atoms with Crippen LogP contribution in [0.2, 0.25) is 0 Å². The number of rotatable bonds is 4. The Bertz CT molecular complexity index is 366. The molecule has 1 N–H and O–H groups in total. The summed E-state index contributed by atoms with van der Waals surface area (Å²) in [7, 11) is 2.09. The maximum absolute atomic E-state index is 11.8. The molecule has 1 amide bonds. The number of aromatic nitrogens is 1. The van der Waals surface area contributed by atoms with Crippen molar-refractivity contribution in [1.29, 1.82) is 0 Å². The van der Waals surface area contributed by atoms with E-state index in [0.717, 1.165) is 18.5 Å². The number of carbonyl (C=O) groups is 1. The van der Waals surface area contributed by atoms with Crippen LogP contribution >= 0.6 is 0 Å². The summed E-state index contributed by atoms with van der Waals surface area (Å²) in [6.45, 7) is 1.68. The highest BCUT2D eigenvalue weighted by Gasteiger charge is 2.22. The van der Waals surface area contributed by atoms with Crippen LogP contribution in [0.5, 0.6) is 0 Å². The monoisotopic (exact) mass is 233 g/mol.